The maximum atomic E-state index is 14.0. The van der Waals surface area contributed by atoms with Crippen molar-refractivity contribution in [2.45, 2.75) is 13.0 Å². The van der Waals surface area contributed by atoms with Crippen LogP contribution in [0.5, 0.6) is 0 Å². The third-order valence-corrected chi connectivity index (χ3v) is 3.78. The van der Waals surface area contributed by atoms with Gasteiger partial charge in [0.2, 0.25) is 5.65 Å². The molecule has 1 aromatic carbocycles. The van der Waals surface area contributed by atoms with Gasteiger partial charge in [-0.3, -0.25) is 4.98 Å². The van der Waals surface area contributed by atoms with E-state index in [1.54, 1.807) is 0 Å². The standard InChI is InChI=1S/C13H6ClF3N6O2/c14-8-5(15)1-4(10-9(8)20-13(24)25-10)6-2-18-12-11(19-6)21-22-23(12)3-7(16)17/h1-2,7H,3H2,(H,20,24). The Morgan fingerprint density at radius 3 is 2.96 bits per heavy atom. The van der Waals surface area contributed by atoms with E-state index in [9.17, 15) is 18.0 Å². The molecule has 0 amide bonds. The van der Waals surface area contributed by atoms with Crippen molar-refractivity contribution in [1.29, 1.82) is 0 Å². The van der Waals surface area contributed by atoms with E-state index >= 15 is 0 Å². The molecular weight excluding hydrogens is 365 g/mol. The number of benzene rings is 1. The fraction of sp³-hybridized carbons (Fsp3) is 0.154. The molecule has 0 atom stereocenters. The van der Waals surface area contributed by atoms with Crippen LogP contribution in [-0.2, 0) is 6.54 Å². The van der Waals surface area contributed by atoms with E-state index in [4.69, 9.17) is 16.0 Å². The lowest BCUT2D eigenvalue weighted by atomic mass is 10.1. The minimum Gasteiger partial charge on any atom is -0.407 e. The van der Waals surface area contributed by atoms with Gasteiger partial charge in [-0.15, -0.1) is 5.10 Å². The SMILES string of the molecule is O=c1[nH]c2c(Cl)c(F)cc(-c3cnc4c(nnn4CC(F)F)n3)c2o1. The number of nitrogens with one attached hydrogen (secondary N) is 1. The second kappa shape index (κ2) is 5.55. The Kier molecular flexibility index (Phi) is 3.46. The first-order valence-corrected chi connectivity index (χ1v) is 7.17. The van der Waals surface area contributed by atoms with E-state index in [1.807, 2.05) is 0 Å². The molecule has 128 valence electrons. The van der Waals surface area contributed by atoms with Crippen LogP contribution in [-0.4, -0.2) is 36.4 Å². The molecule has 0 aliphatic carbocycles. The molecule has 4 aromatic rings. The van der Waals surface area contributed by atoms with Gasteiger partial charge in [-0.25, -0.2) is 32.6 Å². The molecule has 3 aromatic heterocycles. The molecule has 12 heteroatoms. The van der Waals surface area contributed by atoms with Crippen LogP contribution in [0.25, 0.3) is 33.7 Å². The monoisotopic (exact) mass is 370 g/mol. The Morgan fingerprint density at radius 1 is 1.40 bits per heavy atom. The van der Waals surface area contributed by atoms with E-state index in [0.717, 1.165) is 10.7 Å². The zero-order valence-electron chi connectivity index (χ0n) is 12.0. The van der Waals surface area contributed by atoms with Crippen molar-refractivity contribution < 1.29 is 17.6 Å². The highest BCUT2D eigenvalue weighted by Crippen LogP contribution is 2.33. The van der Waals surface area contributed by atoms with E-state index < -0.39 is 24.5 Å². The zero-order chi connectivity index (χ0) is 17.7. The Labute approximate surface area is 140 Å². The van der Waals surface area contributed by atoms with E-state index in [-0.39, 0.29) is 38.7 Å². The molecule has 0 aliphatic rings. The van der Waals surface area contributed by atoms with Crippen molar-refractivity contribution in [2.75, 3.05) is 0 Å². The summed E-state index contributed by atoms with van der Waals surface area (Å²) in [5.74, 6) is -1.62. The topological polar surface area (TPSA) is 102 Å². The third kappa shape index (κ3) is 2.52. The minimum atomic E-state index is -2.63. The number of halogens is 4. The summed E-state index contributed by atoms with van der Waals surface area (Å²) < 4.78 is 44.9. The number of aromatic amines is 1. The van der Waals surface area contributed by atoms with E-state index in [2.05, 4.69) is 25.3 Å². The van der Waals surface area contributed by atoms with Gasteiger partial charge in [-0.05, 0) is 6.07 Å². The maximum Gasteiger partial charge on any atom is 0.417 e. The van der Waals surface area contributed by atoms with Crippen LogP contribution in [0.1, 0.15) is 0 Å². The van der Waals surface area contributed by atoms with Crippen molar-refractivity contribution >= 4 is 34.0 Å². The van der Waals surface area contributed by atoms with Crippen LogP contribution >= 0.6 is 11.6 Å². The van der Waals surface area contributed by atoms with Gasteiger partial charge in [0.15, 0.2) is 11.2 Å². The van der Waals surface area contributed by atoms with Gasteiger partial charge in [0.1, 0.15) is 22.9 Å². The van der Waals surface area contributed by atoms with Gasteiger partial charge in [0, 0.05) is 5.56 Å². The molecule has 0 saturated carbocycles. The molecule has 0 bridgehead atoms. The van der Waals surface area contributed by atoms with Crippen LogP contribution in [0.3, 0.4) is 0 Å². The first-order valence-electron chi connectivity index (χ1n) is 6.79. The number of nitrogens with zero attached hydrogens (tertiary/aromatic N) is 5. The molecule has 0 radical (unpaired) electrons. The maximum absolute atomic E-state index is 14.0. The number of fused-ring (bicyclic) bond motifs is 2. The number of H-pyrrole nitrogens is 1. The summed E-state index contributed by atoms with van der Waals surface area (Å²) in [6, 6.07) is 1.03. The highest BCUT2D eigenvalue weighted by atomic mass is 35.5. The highest BCUT2D eigenvalue weighted by Gasteiger charge is 2.19. The van der Waals surface area contributed by atoms with Gasteiger partial charge in [-0.1, -0.05) is 16.8 Å². The normalized spacial score (nSPS) is 11.9. The van der Waals surface area contributed by atoms with Gasteiger partial charge in [-0.2, -0.15) is 0 Å². The lowest BCUT2D eigenvalue weighted by Gasteiger charge is -2.04. The van der Waals surface area contributed by atoms with Crippen LogP contribution < -0.4 is 5.76 Å². The molecule has 0 unspecified atom stereocenters. The zero-order valence-corrected chi connectivity index (χ0v) is 12.8. The minimum absolute atomic E-state index is 0.00924. The van der Waals surface area contributed by atoms with Crippen molar-refractivity contribution in [2.24, 2.45) is 0 Å². The molecular formula is C13H6ClF3N6O2. The van der Waals surface area contributed by atoms with E-state index in [0.29, 0.717) is 0 Å². The van der Waals surface area contributed by atoms with Crippen molar-refractivity contribution in [1.82, 2.24) is 29.9 Å². The number of aromatic nitrogens is 6. The van der Waals surface area contributed by atoms with Crippen LogP contribution in [0.15, 0.2) is 21.5 Å². The summed E-state index contributed by atoms with van der Waals surface area (Å²) in [7, 11) is 0. The Bertz CT molecular complexity index is 1170. The molecule has 0 saturated heterocycles. The predicted octanol–water partition coefficient (Wildman–Crippen LogP) is 2.38. The summed E-state index contributed by atoms with van der Waals surface area (Å²) in [5.41, 5.74) is 0.215. The van der Waals surface area contributed by atoms with Crippen molar-refractivity contribution in [3.05, 3.63) is 33.7 Å². The summed E-state index contributed by atoms with van der Waals surface area (Å²) in [4.78, 5) is 21.8. The first kappa shape index (κ1) is 15.6. The summed E-state index contributed by atoms with van der Waals surface area (Å²) >= 11 is 5.81. The fourth-order valence-corrected chi connectivity index (χ4v) is 2.57. The Morgan fingerprint density at radius 2 is 2.20 bits per heavy atom. The number of hydrogen-bond acceptors (Lipinski definition) is 6. The summed E-state index contributed by atoms with van der Waals surface area (Å²) in [5, 5.41) is 6.92. The van der Waals surface area contributed by atoms with Crippen LogP contribution in [0, 0.1) is 5.82 Å². The highest BCUT2D eigenvalue weighted by molar-refractivity contribution is 6.35. The molecule has 3 heterocycles. The number of hydrogen-bond donors (Lipinski definition) is 1. The number of rotatable bonds is 3. The van der Waals surface area contributed by atoms with Gasteiger partial charge < -0.3 is 4.42 Å². The van der Waals surface area contributed by atoms with Crippen LogP contribution in [0.2, 0.25) is 5.02 Å². The van der Waals surface area contributed by atoms with Crippen molar-refractivity contribution in [3.8, 4) is 11.3 Å². The number of oxazole rings is 1. The van der Waals surface area contributed by atoms with Crippen molar-refractivity contribution in [3.63, 3.8) is 0 Å². The first-order chi connectivity index (χ1) is 11.9. The largest absolute Gasteiger partial charge is 0.417 e. The molecule has 25 heavy (non-hydrogen) atoms. The summed E-state index contributed by atoms with van der Waals surface area (Å²) in [6.45, 7) is -0.684. The average Bonchev–Trinajstić information content (AvgIpc) is 3.14. The molecule has 0 spiro atoms. The lowest BCUT2D eigenvalue weighted by molar-refractivity contribution is 0.122. The molecule has 1 N–H and O–H groups in total. The van der Waals surface area contributed by atoms with Gasteiger partial charge in [0.05, 0.1) is 11.9 Å². The second-order valence-electron chi connectivity index (χ2n) is 5.00. The second-order valence-corrected chi connectivity index (χ2v) is 5.38. The lowest BCUT2D eigenvalue weighted by Crippen LogP contribution is -2.08. The summed E-state index contributed by atoms with van der Waals surface area (Å²) in [6.07, 6.45) is -1.42. The fourth-order valence-electron chi connectivity index (χ4n) is 2.38. The predicted molar refractivity (Wildman–Crippen MR) is 79.9 cm³/mol. The average molecular weight is 371 g/mol. The van der Waals surface area contributed by atoms with Gasteiger partial charge in [0.25, 0.3) is 6.43 Å². The number of alkyl halides is 2. The third-order valence-electron chi connectivity index (χ3n) is 3.41. The van der Waals surface area contributed by atoms with Gasteiger partial charge >= 0.3 is 5.76 Å². The Hall–Kier alpha value is -2.95. The molecule has 8 nitrogen and oxygen atoms in total. The molecule has 0 fully saturated rings. The Balaban J connectivity index is 1.92. The smallest absolute Gasteiger partial charge is 0.407 e. The quantitative estimate of drug-likeness (QED) is 0.594. The molecule has 0 aliphatic heterocycles. The molecule has 4 rings (SSSR count). The van der Waals surface area contributed by atoms with E-state index in [1.165, 1.54) is 6.20 Å². The van der Waals surface area contributed by atoms with Crippen LogP contribution in [0.4, 0.5) is 13.2 Å².